The van der Waals surface area contributed by atoms with Gasteiger partial charge in [0, 0.05) is 12.1 Å². The van der Waals surface area contributed by atoms with Gasteiger partial charge >= 0.3 is 0 Å². The lowest BCUT2D eigenvalue weighted by molar-refractivity contribution is -0.117. The van der Waals surface area contributed by atoms with E-state index >= 15 is 0 Å². The number of carbonyl (C=O) groups is 2. The predicted octanol–water partition coefficient (Wildman–Crippen LogP) is 3.55. The number of hydrogen-bond donors (Lipinski definition) is 2. The summed E-state index contributed by atoms with van der Waals surface area (Å²) in [4.78, 5) is 25.1. The summed E-state index contributed by atoms with van der Waals surface area (Å²) in [6.45, 7) is 6.51. The number of amides is 2. The molecule has 0 aliphatic rings. The van der Waals surface area contributed by atoms with Crippen LogP contribution in [-0.2, 0) is 4.79 Å². The summed E-state index contributed by atoms with van der Waals surface area (Å²) in [5.41, 5.74) is 2.55. The molecule has 0 saturated heterocycles. The van der Waals surface area contributed by atoms with E-state index in [0.717, 1.165) is 16.9 Å². The molecule has 0 atom stereocenters. The van der Waals surface area contributed by atoms with E-state index in [2.05, 4.69) is 10.6 Å². The zero-order valence-electron chi connectivity index (χ0n) is 16.2. The molecule has 2 aromatic rings. The molecule has 2 amide bonds. The molecule has 0 heterocycles. The Bertz CT molecular complexity index is 806. The fourth-order valence-corrected chi connectivity index (χ4v) is 2.32. The normalized spacial score (nSPS) is 11.2. The maximum absolute atomic E-state index is 12.6. The third-order valence-electron chi connectivity index (χ3n) is 3.90. The monoisotopic (exact) mass is 366 g/mol. The minimum absolute atomic E-state index is 0.200. The number of aryl methyl sites for hydroxylation is 1. The van der Waals surface area contributed by atoms with E-state index in [1.165, 1.54) is 0 Å². The Morgan fingerprint density at radius 2 is 1.67 bits per heavy atom. The standard InChI is InChI=1S/C22H26N2O3/c1-15(2)14-23-22(26)20(13-17-7-11-19(27-4)12-8-17)24-21(25)18-9-5-16(3)6-10-18/h5-13,15H,14H2,1-4H3,(H,23,26)(H,24,25)/b20-13-. The average Bonchev–Trinajstić information content (AvgIpc) is 2.66. The van der Waals surface area contributed by atoms with Crippen molar-refractivity contribution in [2.45, 2.75) is 20.8 Å². The van der Waals surface area contributed by atoms with Gasteiger partial charge in [0.1, 0.15) is 11.4 Å². The molecule has 5 heteroatoms. The molecule has 0 bridgehead atoms. The number of rotatable bonds is 7. The van der Waals surface area contributed by atoms with Crippen molar-refractivity contribution in [2.75, 3.05) is 13.7 Å². The number of carbonyl (C=O) groups excluding carboxylic acids is 2. The van der Waals surface area contributed by atoms with Crippen molar-refractivity contribution in [1.82, 2.24) is 10.6 Å². The van der Waals surface area contributed by atoms with Crippen molar-refractivity contribution in [1.29, 1.82) is 0 Å². The molecule has 2 aromatic carbocycles. The van der Waals surface area contributed by atoms with Crippen molar-refractivity contribution in [3.8, 4) is 5.75 Å². The molecule has 0 radical (unpaired) electrons. The summed E-state index contributed by atoms with van der Waals surface area (Å²) < 4.78 is 5.15. The molecule has 0 aliphatic heterocycles. The van der Waals surface area contributed by atoms with Gasteiger partial charge < -0.3 is 15.4 Å². The van der Waals surface area contributed by atoms with E-state index in [0.29, 0.717) is 18.0 Å². The zero-order valence-corrected chi connectivity index (χ0v) is 16.2. The lowest BCUT2D eigenvalue weighted by Gasteiger charge is -2.13. The molecule has 2 rings (SSSR count). The summed E-state index contributed by atoms with van der Waals surface area (Å²) in [6, 6.07) is 14.5. The van der Waals surface area contributed by atoms with E-state index in [9.17, 15) is 9.59 Å². The fraction of sp³-hybridized carbons (Fsp3) is 0.273. The van der Waals surface area contributed by atoms with Crippen molar-refractivity contribution >= 4 is 17.9 Å². The van der Waals surface area contributed by atoms with Crippen LogP contribution in [0.4, 0.5) is 0 Å². The molecule has 0 aliphatic carbocycles. The Kier molecular flexibility index (Phi) is 7.17. The van der Waals surface area contributed by atoms with Gasteiger partial charge in [0.15, 0.2) is 0 Å². The van der Waals surface area contributed by atoms with Gasteiger partial charge in [0.05, 0.1) is 7.11 Å². The number of hydrogen-bond acceptors (Lipinski definition) is 3. The number of benzene rings is 2. The zero-order chi connectivity index (χ0) is 19.8. The lowest BCUT2D eigenvalue weighted by atomic mass is 10.1. The molecule has 0 fully saturated rings. The van der Waals surface area contributed by atoms with Gasteiger partial charge in [-0.25, -0.2) is 0 Å². The van der Waals surface area contributed by atoms with Crippen molar-refractivity contribution < 1.29 is 14.3 Å². The molecular formula is C22H26N2O3. The van der Waals surface area contributed by atoms with Gasteiger partial charge in [0.2, 0.25) is 0 Å². The summed E-state index contributed by atoms with van der Waals surface area (Å²) >= 11 is 0. The summed E-state index contributed by atoms with van der Waals surface area (Å²) in [7, 11) is 1.59. The molecule has 0 unspecified atom stereocenters. The second kappa shape index (κ2) is 9.57. The maximum atomic E-state index is 12.6. The Hall–Kier alpha value is -3.08. The Balaban J connectivity index is 2.24. The highest BCUT2D eigenvalue weighted by atomic mass is 16.5. The fourth-order valence-electron chi connectivity index (χ4n) is 2.32. The van der Waals surface area contributed by atoms with Crippen LogP contribution in [0.3, 0.4) is 0 Å². The second-order valence-corrected chi connectivity index (χ2v) is 6.76. The molecule has 0 spiro atoms. The van der Waals surface area contributed by atoms with Crippen molar-refractivity contribution in [3.05, 3.63) is 70.9 Å². The highest BCUT2D eigenvalue weighted by molar-refractivity contribution is 6.05. The summed E-state index contributed by atoms with van der Waals surface area (Å²) in [6.07, 6.45) is 1.65. The minimum atomic E-state index is -0.325. The minimum Gasteiger partial charge on any atom is -0.497 e. The molecule has 142 valence electrons. The van der Waals surface area contributed by atoms with Crippen molar-refractivity contribution in [3.63, 3.8) is 0 Å². The molecular weight excluding hydrogens is 340 g/mol. The topological polar surface area (TPSA) is 67.4 Å². The average molecular weight is 366 g/mol. The third-order valence-corrected chi connectivity index (χ3v) is 3.90. The van der Waals surface area contributed by atoms with Gasteiger partial charge in [-0.2, -0.15) is 0 Å². The van der Waals surface area contributed by atoms with Crippen LogP contribution in [0.1, 0.15) is 35.3 Å². The summed E-state index contributed by atoms with van der Waals surface area (Å²) in [5.74, 6) is 0.389. The van der Waals surface area contributed by atoms with E-state index in [4.69, 9.17) is 4.74 Å². The Morgan fingerprint density at radius 3 is 2.22 bits per heavy atom. The predicted molar refractivity (Wildman–Crippen MR) is 107 cm³/mol. The van der Waals surface area contributed by atoms with Crippen LogP contribution in [0.15, 0.2) is 54.2 Å². The van der Waals surface area contributed by atoms with E-state index in [-0.39, 0.29) is 17.5 Å². The number of nitrogens with one attached hydrogen (secondary N) is 2. The maximum Gasteiger partial charge on any atom is 0.267 e. The van der Waals surface area contributed by atoms with Gasteiger partial charge in [-0.05, 0) is 48.7 Å². The van der Waals surface area contributed by atoms with Gasteiger partial charge in [-0.1, -0.05) is 43.7 Å². The van der Waals surface area contributed by atoms with Crippen LogP contribution in [0.25, 0.3) is 6.08 Å². The molecule has 2 N–H and O–H groups in total. The SMILES string of the molecule is COc1ccc(/C=C(\NC(=O)c2ccc(C)cc2)C(=O)NCC(C)C)cc1. The molecule has 0 aromatic heterocycles. The van der Waals surface area contributed by atoms with Crippen molar-refractivity contribution in [2.24, 2.45) is 5.92 Å². The highest BCUT2D eigenvalue weighted by Crippen LogP contribution is 2.14. The van der Waals surface area contributed by atoms with Crippen LogP contribution < -0.4 is 15.4 Å². The van der Waals surface area contributed by atoms with E-state index in [1.54, 1.807) is 37.5 Å². The second-order valence-electron chi connectivity index (χ2n) is 6.76. The van der Waals surface area contributed by atoms with Gasteiger partial charge in [-0.3, -0.25) is 9.59 Å². The lowest BCUT2D eigenvalue weighted by Crippen LogP contribution is -2.36. The Morgan fingerprint density at radius 1 is 1.04 bits per heavy atom. The van der Waals surface area contributed by atoms with Crippen LogP contribution in [0, 0.1) is 12.8 Å². The van der Waals surface area contributed by atoms with Crippen LogP contribution in [0.5, 0.6) is 5.75 Å². The van der Waals surface area contributed by atoms with Gasteiger partial charge in [0.25, 0.3) is 11.8 Å². The van der Waals surface area contributed by atoms with E-state index < -0.39 is 0 Å². The third kappa shape index (κ3) is 6.29. The van der Waals surface area contributed by atoms with Crippen LogP contribution >= 0.6 is 0 Å². The van der Waals surface area contributed by atoms with Crippen LogP contribution in [-0.4, -0.2) is 25.5 Å². The molecule has 27 heavy (non-hydrogen) atoms. The first-order valence-corrected chi connectivity index (χ1v) is 8.91. The first-order valence-electron chi connectivity index (χ1n) is 8.91. The highest BCUT2D eigenvalue weighted by Gasteiger charge is 2.15. The first kappa shape index (κ1) is 20.2. The molecule has 5 nitrogen and oxygen atoms in total. The number of ether oxygens (including phenoxy) is 1. The molecule has 0 saturated carbocycles. The Labute approximate surface area is 160 Å². The smallest absolute Gasteiger partial charge is 0.267 e. The number of methoxy groups -OCH3 is 1. The largest absolute Gasteiger partial charge is 0.497 e. The van der Waals surface area contributed by atoms with E-state index in [1.807, 2.05) is 45.0 Å². The quantitative estimate of drug-likeness (QED) is 0.737. The summed E-state index contributed by atoms with van der Waals surface area (Å²) in [5, 5.41) is 5.58. The van der Waals surface area contributed by atoms with Gasteiger partial charge in [-0.15, -0.1) is 0 Å². The first-order chi connectivity index (χ1) is 12.9. The van der Waals surface area contributed by atoms with Crippen LogP contribution in [0.2, 0.25) is 0 Å².